The van der Waals surface area contributed by atoms with Crippen LogP contribution in [0.1, 0.15) is 25.7 Å². The molecule has 3 saturated heterocycles. The molecule has 8 heteroatoms. The zero-order chi connectivity index (χ0) is 15.6. The Morgan fingerprint density at radius 3 is 2.50 bits per heavy atom. The predicted molar refractivity (Wildman–Crippen MR) is 80.1 cm³/mol. The average molecular weight is 332 g/mol. The van der Waals surface area contributed by atoms with Crippen LogP contribution in [0.2, 0.25) is 0 Å². The molecular formula is C14H24N2O5S. The van der Waals surface area contributed by atoms with Crippen LogP contribution in [0.25, 0.3) is 0 Å². The summed E-state index contributed by atoms with van der Waals surface area (Å²) >= 11 is 0. The first-order chi connectivity index (χ1) is 10.5. The number of hydrogen-bond acceptors (Lipinski definition) is 6. The van der Waals surface area contributed by atoms with Gasteiger partial charge in [-0.2, -0.15) is 0 Å². The third-order valence-corrected chi connectivity index (χ3v) is 6.45. The molecule has 0 saturated carbocycles. The van der Waals surface area contributed by atoms with Crippen molar-refractivity contribution in [2.24, 2.45) is 0 Å². The molecule has 1 unspecified atom stereocenters. The third kappa shape index (κ3) is 3.98. The van der Waals surface area contributed by atoms with Crippen LogP contribution in [-0.4, -0.2) is 75.4 Å². The fraction of sp³-hybridized carbons (Fsp3) is 0.929. The number of hydrogen-bond donors (Lipinski definition) is 1. The summed E-state index contributed by atoms with van der Waals surface area (Å²) in [5.74, 6) is -0.168. The van der Waals surface area contributed by atoms with Gasteiger partial charge in [0, 0.05) is 44.9 Å². The van der Waals surface area contributed by atoms with Gasteiger partial charge in [0.15, 0.2) is 15.6 Å². The number of nitrogens with zero attached hydrogens (tertiary/aromatic N) is 1. The summed E-state index contributed by atoms with van der Waals surface area (Å²) in [5, 5.41) is 2.83. The number of amides is 1. The van der Waals surface area contributed by atoms with Gasteiger partial charge in [-0.05, 0) is 6.42 Å². The molecule has 126 valence electrons. The Morgan fingerprint density at radius 2 is 1.91 bits per heavy atom. The highest BCUT2D eigenvalue weighted by molar-refractivity contribution is 7.91. The Bertz CT molecular complexity index is 505. The molecular weight excluding hydrogens is 308 g/mol. The van der Waals surface area contributed by atoms with E-state index in [-0.39, 0.29) is 29.2 Å². The molecule has 22 heavy (non-hydrogen) atoms. The van der Waals surface area contributed by atoms with Crippen LogP contribution in [0.4, 0.5) is 0 Å². The lowest BCUT2D eigenvalue weighted by Gasteiger charge is -2.37. The number of nitrogens with one attached hydrogen (secondary N) is 1. The van der Waals surface area contributed by atoms with Crippen molar-refractivity contribution < 1.29 is 22.7 Å². The molecule has 1 amide bonds. The van der Waals surface area contributed by atoms with Crippen LogP contribution in [0.15, 0.2) is 0 Å². The topological polar surface area (TPSA) is 84.9 Å². The Kier molecular flexibility index (Phi) is 4.72. The summed E-state index contributed by atoms with van der Waals surface area (Å²) in [6, 6.07) is -0.206. The second-order valence-corrected chi connectivity index (χ2v) is 8.60. The molecule has 3 rings (SSSR count). The number of carbonyl (C=O) groups is 1. The molecule has 3 heterocycles. The van der Waals surface area contributed by atoms with Gasteiger partial charge in [-0.1, -0.05) is 0 Å². The zero-order valence-electron chi connectivity index (χ0n) is 12.8. The minimum absolute atomic E-state index is 0.0595. The molecule has 3 aliphatic rings. The number of sulfone groups is 1. The highest BCUT2D eigenvalue weighted by atomic mass is 32.2. The first-order valence-electron chi connectivity index (χ1n) is 7.96. The van der Waals surface area contributed by atoms with Crippen molar-refractivity contribution >= 4 is 15.7 Å². The molecule has 0 aromatic carbocycles. The smallest absolute Gasteiger partial charge is 0.221 e. The second kappa shape index (κ2) is 6.43. The number of likely N-dealkylation sites (tertiary alicyclic amines) is 1. The lowest BCUT2D eigenvalue weighted by atomic mass is 10.0. The molecule has 7 nitrogen and oxygen atoms in total. The van der Waals surface area contributed by atoms with Crippen molar-refractivity contribution in [3.63, 3.8) is 0 Å². The SMILES string of the molecule is O=C(CCN1CCC2(CC1)OCCO2)NC1CCS(=O)(=O)C1. The lowest BCUT2D eigenvalue weighted by molar-refractivity contribution is -0.185. The lowest BCUT2D eigenvalue weighted by Crippen LogP contribution is -2.46. The van der Waals surface area contributed by atoms with Crippen molar-refractivity contribution in [3.8, 4) is 0 Å². The summed E-state index contributed by atoms with van der Waals surface area (Å²) in [6.07, 6.45) is 2.63. The summed E-state index contributed by atoms with van der Waals surface area (Å²) < 4.78 is 34.1. The van der Waals surface area contributed by atoms with Crippen molar-refractivity contribution in [3.05, 3.63) is 0 Å². The third-order valence-electron chi connectivity index (χ3n) is 4.68. The molecule has 3 aliphatic heterocycles. The van der Waals surface area contributed by atoms with E-state index in [2.05, 4.69) is 10.2 Å². The summed E-state index contributed by atoms with van der Waals surface area (Å²) in [7, 11) is -2.94. The van der Waals surface area contributed by atoms with E-state index in [1.54, 1.807) is 0 Å². The molecule has 1 spiro atoms. The molecule has 0 aliphatic carbocycles. The van der Waals surface area contributed by atoms with Gasteiger partial charge in [0.05, 0.1) is 24.7 Å². The summed E-state index contributed by atoms with van der Waals surface area (Å²) in [4.78, 5) is 14.2. The maximum atomic E-state index is 11.9. The predicted octanol–water partition coefficient (Wildman–Crippen LogP) is -0.481. The first-order valence-corrected chi connectivity index (χ1v) is 9.79. The molecule has 1 N–H and O–H groups in total. The van der Waals surface area contributed by atoms with Crippen molar-refractivity contribution in [2.75, 3.05) is 44.4 Å². The molecule has 0 radical (unpaired) electrons. The zero-order valence-corrected chi connectivity index (χ0v) is 13.6. The molecule has 0 aromatic rings. The normalized spacial score (nSPS) is 30.6. The van der Waals surface area contributed by atoms with Crippen LogP contribution in [-0.2, 0) is 24.1 Å². The van der Waals surface area contributed by atoms with E-state index in [0.29, 0.717) is 32.6 Å². The monoisotopic (exact) mass is 332 g/mol. The van der Waals surface area contributed by atoms with Crippen molar-refractivity contribution in [2.45, 2.75) is 37.5 Å². The Labute approximate surface area is 131 Å². The maximum Gasteiger partial charge on any atom is 0.221 e. The van der Waals surface area contributed by atoms with Gasteiger partial charge < -0.3 is 19.7 Å². The summed E-state index contributed by atoms with van der Waals surface area (Å²) in [5.41, 5.74) is 0. The van der Waals surface area contributed by atoms with Crippen LogP contribution in [0, 0.1) is 0 Å². The van der Waals surface area contributed by atoms with Gasteiger partial charge in [0.25, 0.3) is 0 Å². The van der Waals surface area contributed by atoms with Crippen LogP contribution >= 0.6 is 0 Å². The van der Waals surface area contributed by atoms with E-state index in [0.717, 1.165) is 25.9 Å². The van der Waals surface area contributed by atoms with E-state index < -0.39 is 9.84 Å². The van der Waals surface area contributed by atoms with Crippen LogP contribution in [0.5, 0.6) is 0 Å². The van der Waals surface area contributed by atoms with Crippen LogP contribution in [0.3, 0.4) is 0 Å². The van der Waals surface area contributed by atoms with Crippen molar-refractivity contribution in [1.82, 2.24) is 10.2 Å². The van der Waals surface area contributed by atoms with Gasteiger partial charge in [0.2, 0.25) is 5.91 Å². The average Bonchev–Trinajstić information content (AvgIpc) is 3.05. The standard InChI is InChI=1S/C14H24N2O5S/c17-13(15-12-2-10-22(18,19)11-12)1-5-16-6-3-14(4-7-16)20-8-9-21-14/h12H,1-11H2,(H,15,17). The van der Waals surface area contributed by atoms with Gasteiger partial charge in [-0.25, -0.2) is 8.42 Å². The molecule has 0 aromatic heterocycles. The van der Waals surface area contributed by atoms with Gasteiger partial charge >= 0.3 is 0 Å². The minimum atomic E-state index is -2.94. The first kappa shape index (κ1) is 16.2. The second-order valence-electron chi connectivity index (χ2n) is 6.37. The Morgan fingerprint density at radius 1 is 1.23 bits per heavy atom. The number of ether oxygens (including phenoxy) is 2. The largest absolute Gasteiger partial charge is 0.352 e. The van der Waals surface area contributed by atoms with Gasteiger partial charge in [0.1, 0.15) is 0 Å². The fourth-order valence-electron chi connectivity index (χ4n) is 3.37. The minimum Gasteiger partial charge on any atom is -0.352 e. The Balaban J connectivity index is 1.35. The highest BCUT2D eigenvalue weighted by Gasteiger charge is 2.39. The quantitative estimate of drug-likeness (QED) is 0.748. The van der Waals surface area contributed by atoms with E-state index in [1.807, 2.05) is 0 Å². The fourth-order valence-corrected chi connectivity index (χ4v) is 5.04. The van der Waals surface area contributed by atoms with E-state index in [4.69, 9.17) is 9.47 Å². The number of carbonyl (C=O) groups excluding carboxylic acids is 1. The molecule has 1 atom stereocenters. The molecule has 0 bridgehead atoms. The Hall–Kier alpha value is -0.700. The van der Waals surface area contributed by atoms with Gasteiger partial charge in [-0.3, -0.25) is 4.79 Å². The van der Waals surface area contributed by atoms with E-state index in [9.17, 15) is 13.2 Å². The van der Waals surface area contributed by atoms with E-state index in [1.165, 1.54) is 0 Å². The van der Waals surface area contributed by atoms with Crippen molar-refractivity contribution in [1.29, 1.82) is 0 Å². The van der Waals surface area contributed by atoms with Gasteiger partial charge in [-0.15, -0.1) is 0 Å². The molecule has 3 fully saturated rings. The van der Waals surface area contributed by atoms with Crippen LogP contribution < -0.4 is 5.32 Å². The number of rotatable bonds is 4. The number of piperidine rings is 1. The van der Waals surface area contributed by atoms with E-state index >= 15 is 0 Å². The highest BCUT2D eigenvalue weighted by Crippen LogP contribution is 2.31. The summed E-state index contributed by atoms with van der Waals surface area (Å²) in [6.45, 7) is 3.77. The maximum absolute atomic E-state index is 11.9.